The molecular formula is C18H21N3OS. The van der Waals surface area contributed by atoms with E-state index in [-0.39, 0.29) is 5.75 Å². The number of rotatable bonds is 3. The maximum Gasteiger partial charge on any atom is 0.173 e. The summed E-state index contributed by atoms with van der Waals surface area (Å²) in [7, 11) is 0. The molecule has 2 aromatic rings. The topological polar surface area (TPSA) is 38.7 Å². The second-order valence-electron chi connectivity index (χ2n) is 5.73. The zero-order valence-electron chi connectivity index (χ0n) is 13.0. The Hall–Kier alpha value is -2.11. The van der Waals surface area contributed by atoms with Crippen molar-refractivity contribution >= 4 is 23.0 Å². The number of aromatic hydroxyl groups is 1. The number of benzene rings is 2. The highest BCUT2D eigenvalue weighted by Crippen LogP contribution is 2.15. The van der Waals surface area contributed by atoms with Crippen molar-refractivity contribution in [1.29, 1.82) is 0 Å². The van der Waals surface area contributed by atoms with Gasteiger partial charge in [-0.3, -0.25) is 4.90 Å². The van der Waals surface area contributed by atoms with E-state index in [1.54, 1.807) is 12.1 Å². The fourth-order valence-electron chi connectivity index (χ4n) is 2.70. The van der Waals surface area contributed by atoms with Crippen LogP contribution in [0.2, 0.25) is 0 Å². The predicted octanol–water partition coefficient (Wildman–Crippen LogP) is 2.91. The normalized spacial score (nSPS) is 15.4. The lowest BCUT2D eigenvalue weighted by Crippen LogP contribution is -2.49. The average molecular weight is 327 g/mol. The predicted molar refractivity (Wildman–Crippen MR) is 97.6 cm³/mol. The first kappa shape index (κ1) is 15.8. The lowest BCUT2D eigenvalue weighted by Gasteiger charge is -2.36. The summed E-state index contributed by atoms with van der Waals surface area (Å²) < 4.78 is 0. The SMILES string of the molecule is Oc1ccc(NC(=S)N2CCN(Cc3ccccc3)CC2)cc1. The van der Waals surface area contributed by atoms with Crippen LogP contribution in [0.4, 0.5) is 5.69 Å². The fraction of sp³-hybridized carbons (Fsp3) is 0.278. The molecule has 0 spiro atoms. The van der Waals surface area contributed by atoms with Crippen LogP contribution in [0, 0.1) is 0 Å². The van der Waals surface area contributed by atoms with Crippen LogP contribution >= 0.6 is 12.2 Å². The van der Waals surface area contributed by atoms with E-state index in [1.165, 1.54) is 5.56 Å². The number of anilines is 1. The fourth-order valence-corrected chi connectivity index (χ4v) is 3.00. The van der Waals surface area contributed by atoms with E-state index in [0.717, 1.165) is 43.5 Å². The Morgan fingerprint density at radius 3 is 2.26 bits per heavy atom. The molecule has 23 heavy (non-hydrogen) atoms. The van der Waals surface area contributed by atoms with Gasteiger partial charge in [0.1, 0.15) is 5.75 Å². The minimum Gasteiger partial charge on any atom is -0.508 e. The van der Waals surface area contributed by atoms with Crippen LogP contribution in [0.1, 0.15) is 5.56 Å². The Bertz CT molecular complexity index is 637. The summed E-state index contributed by atoms with van der Waals surface area (Å²) in [6.07, 6.45) is 0. The maximum atomic E-state index is 9.31. The lowest BCUT2D eigenvalue weighted by atomic mass is 10.2. The van der Waals surface area contributed by atoms with Crippen molar-refractivity contribution in [3.05, 3.63) is 60.2 Å². The van der Waals surface area contributed by atoms with Crippen LogP contribution < -0.4 is 5.32 Å². The highest BCUT2D eigenvalue weighted by atomic mass is 32.1. The summed E-state index contributed by atoms with van der Waals surface area (Å²) in [5.41, 5.74) is 2.25. The van der Waals surface area contributed by atoms with E-state index < -0.39 is 0 Å². The summed E-state index contributed by atoms with van der Waals surface area (Å²) in [6.45, 7) is 4.86. The molecule has 0 unspecified atom stereocenters. The number of hydrogen-bond donors (Lipinski definition) is 2. The number of nitrogens with one attached hydrogen (secondary N) is 1. The van der Waals surface area contributed by atoms with Crippen molar-refractivity contribution < 1.29 is 5.11 Å². The first-order chi connectivity index (χ1) is 11.2. The molecule has 3 rings (SSSR count). The van der Waals surface area contributed by atoms with Crippen molar-refractivity contribution in [3.8, 4) is 5.75 Å². The van der Waals surface area contributed by atoms with Gasteiger partial charge in [-0.25, -0.2) is 0 Å². The van der Waals surface area contributed by atoms with Crippen molar-refractivity contribution in [2.45, 2.75) is 6.54 Å². The zero-order chi connectivity index (χ0) is 16.1. The highest BCUT2D eigenvalue weighted by Gasteiger charge is 2.18. The summed E-state index contributed by atoms with van der Waals surface area (Å²) >= 11 is 5.49. The van der Waals surface area contributed by atoms with Crippen LogP contribution in [0.15, 0.2) is 54.6 Å². The molecule has 1 aliphatic heterocycles. The zero-order valence-corrected chi connectivity index (χ0v) is 13.8. The summed E-state index contributed by atoms with van der Waals surface area (Å²) in [4.78, 5) is 4.65. The number of phenols is 1. The molecule has 0 atom stereocenters. The van der Waals surface area contributed by atoms with Gasteiger partial charge in [0.25, 0.3) is 0 Å². The molecule has 5 heteroatoms. The molecule has 1 saturated heterocycles. The van der Waals surface area contributed by atoms with Crippen LogP contribution in [-0.2, 0) is 6.54 Å². The average Bonchev–Trinajstić information content (AvgIpc) is 2.58. The Kier molecular flexibility index (Phi) is 5.10. The molecule has 1 aliphatic rings. The van der Waals surface area contributed by atoms with Crippen LogP contribution in [0.5, 0.6) is 5.75 Å². The molecule has 1 fully saturated rings. The number of piperazine rings is 1. The van der Waals surface area contributed by atoms with Gasteiger partial charge < -0.3 is 15.3 Å². The molecule has 0 amide bonds. The third-order valence-corrected chi connectivity index (χ3v) is 4.39. The number of nitrogens with zero attached hydrogens (tertiary/aromatic N) is 2. The third kappa shape index (κ3) is 4.43. The molecule has 0 radical (unpaired) electrons. The quantitative estimate of drug-likeness (QED) is 0.670. The molecule has 4 nitrogen and oxygen atoms in total. The van der Waals surface area contributed by atoms with Crippen molar-refractivity contribution in [3.63, 3.8) is 0 Å². The molecule has 0 aliphatic carbocycles. The van der Waals surface area contributed by atoms with Crippen LogP contribution in [0.25, 0.3) is 0 Å². The summed E-state index contributed by atoms with van der Waals surface area (Å²) in [6, 6.07) is 17.5. The monoisotopic (exact) mass is 327 g/mol. The minimum atomic E-state index is 0.260. The van der Waals surface area contributed by atoms with Gasteiger partial charge in [-0.05, 0) is 42.0 Å². The third-order valence-electron chi connectivity index (χ3n) is 4.03. The Labute approximate surface area is 142 Å². The van der Waals surface area contributed by atoms with Gasteiger partial charge >= 0.3 is 0 Å². The summed E-state index contributed by atoms with van der Waals surface area (Å²) in [5.74, 6) is 0.260. The van der Waals surface area contributed by atoms with Gasteiger partial charge in [0.05, 0.1) is 0 Å². The largest absolute Gasteiger partial charge is 0.508 e. The van der Waals surface area contributed by atoms with Gasteiger partial charge in [0, 0.05) is 38.4 Å². The highest BCUT2D eigenvalue weighted by molar-refractivity contribution is 7.80. The van der Waals surface area contributed by atoms with E-state index in [2.05, 4.69) is 45.4 Å². The van der Waals surface area contributed by atoms with Crippen LogP contribution in [0.3, 0.4) is 0 Å². The maximum absolute atomic E-state index is 9.31. The molecule has 0 bridgehead atoms. The van der Waals surface area contributed by atoms with Gasteiger partial charge in [0.2, 0.25) is 0 Å². The Balaban J connectivity index is 1.48. The number of hydrogen-bond acceptors (Lipinski definition) is 3. The Morgan fingerprint density at radius 1 is 0.957 bits per heavy atom. The lowest BCUT2D eigenvalue weighted by molar-refractivity contribution is 0.177. The molecular weight excluding hydrogens is 306 g/mol. The van der Waals surface area contributed by atoms with E-state index >= 15 is 0 Å². The van der Waals surface area contributed by atoms with E-state index in [4.69, 9.17) is 12.2 Å². The molecule has 0 aromatic heterocycles. The summed E-state index contributed by atoms with van der Waals surface area (Å²) in [5, 5.41) is 13.3. The number of phenolic OH excluding ortho intramolecular Hbond substituents is 1. The molecule has 0 saturated carbocycles. The van der Waals surface area contributed by atoms with Crippen molar-refractivity contribution in [2.75, 3.05) is 31.5 Å². The van der Waals surface area contributed by atoms with Gasteiger partial charge in [-0.15, -0.1) is 0 Å². The molecule has 2 aromatic carbocycles. The van der Waals surface area contributed by atoms with Crippen molar-refractivity contribution in [2.24, 2.45) is 0 Å². The molecule has 2 N–H and O–H groups in total. The van der Waals surface area contributed by atoms with Crippen molar-refractivity contribution in [1.82, 2.24) is 9.80 Å². The standard InChI is InChI=1S/C18H21N3OS/c22-17-8-6-16(7-9-17)19-18(23)21-12-10-20(11-13-21)14-15-4-2-1-3-5-15/h1-9,22H,10-14H2,(H,19,23). The second-order valence-corrected chi connectivity index (χ2v) is 6.11. The van der Waals surface area contributed by atoms with Crippen LogP contribution in [-0.4, -0.2) is 46.2 Å². The van der Waals surface area contributed by atoms with Gasteiger partial charge in [0.15, 0.2) is 5.11 Å². The first-order valence-corrected chi connectivity index (χ1v) is 8.23. The number of thiocarbonyl (C=S) groups is 1. The molecule has 120 valence electrons. The Morgan fingerprint density at radius 2 is 1.61 bits per heavy atom. The van der Waals surface area contributed by atoms with E-state index in [9.17, 15) is 5.11 Å². The smallest absolute Gasteiger partial charge is 0.173 e. The van der Waals surface area contributed by atoms with Gasteiger partial charge in [-0.2, -0.15) is 0 Å². The minimum absolute atomic E-state index is 0.260. The van der Waals surface area contributed by atoms with E-state index in [0.29, 0.717) is 0 Å². The first-order valence-electron chi connectivity index (χ1n) is 7.82. The van der Waals surface area contributed by atoms with E-state index in [1.807, 2.05) is 12.1 Å². The van der Waals surface area contributed by atoms with Gasteiger partial charge in [-0.1, -0.05) is 30.3 Å². The second kappa shape index (κ2) is 7.44. The molecule has 1 heterocycles.